The van der Waals surface area contributed by atoms with Crippen LogP contribution in [0.4, 0.5) is 0 Å². The van der Waals surface area contributed by atoms with Crippen molar-refractivity contribution in [2.75, 3.05) is 0 Å². The molecule has 1 aliphatic carbocycles. The third kappa shape index (κ3) is 2.38. The quantitative estimate of drug-likeness (QED) is 0.853. The Morgan fingerprint density at radius 1 is 1.41 bits per heavy atom. The fraction of sp³-hybridized carbons (Fsp3) is 0.429. The Labute approximate surface area is 100 Å². The molecule has 1 aliphatic rings. The Balaban J connectivity index is 2.35. The van der Waals surface area contributed by atoms with E-state index in [2.05, 4.69) is 0 Å². The summed E-state index contributed by atoms with van der Waals surface area (Å²) in [5, 5.41) is 8.98. The highest BCUT2D eigenvalue weighted by Gasteiger charge is 2.33. The first kappa shape index (κ1) is 11.8. The summed E-state index contributed by atoms with van der Waals surface area (Å²) in [5.41, 5.74) is 1.06. The first-order chi connectivity index (χ1) is 8.01. The van der Waals surface area contributed by atoms with E-state index in [0.717, 1.165) is 18.4 Å². The van der Waals surface area contributed by atoms with Gasteiger partial charge in [0.25, 0.3) is 0 Å². The van der Waals surface area contributed by atoms with Gasteiger partial charge in [0.1, 0.15) is 5.78 Å². The standard InChI is InChI=1S/C14H16O3/c1-14(7-3-6-12(15)9-14)11-5-2-4-10(8-11)13(16)17/h2,4-5,8H,3,6-7,9H2,1H3,(H,16,17)/t14-/m1/s1. The fourth-order valence-electron chi connectivity index (χ4n) is 2.56. The predicted molar refractivity (Wildman–Crippen MR) is 64.2 cm³/mol. The van der Waals surface area contributed by atoms with Gasteiger partial charge in [0, 0.05) is 12.8 Å². The number of rotatable bonds is 2. The molecule has 0 saturated heterocycles. The van der Waals surface area contributed by atoms with Crippen molar-refractivity contribution in [1.29, 1.82) is 0 Å². The highest BCUT2D eigenvalue weighted by Crippen LogP contribution is 2.37. The third-order valence-electron chi connectivity index (χ3n) is 3.58. The summed E-state index contributed by atoms with van der Waals surface area (Å²) in [5.74, 6) is -0.642. The summed E-state index contributed by atoms with van der Waals surface area (Å²) in [6.45, 7) is 2.05. The zero-order valence-corrected chi connectivity index (χ0v) is 9.90. The number of hydrogen-bond donors (Lipinski definition) is 1. The van der Waals surface area contributed by atoms with Crippen LogP contribution in [0.1, 0.15) is 48.5 Å². The molecule has 0 amide bonds. The van der Waals surface area contributed by atoms with Crippen molar-refractivity contribution in [2.45, 2.75) is 38.0 Å². The van der Waals surface area contributed by atoms with E-state index in [1.807, 2.05) is 13.0 Å². The molecule has 0 aromatic heterocycles. The molecular formula is C14H16O3. The Morgan fingerprint density at radius 3 is 2.82 bits per heavy atom. The number of carbonyl (C=O) groups excluding carboxylic acids is 1. The molecule has 1 fully saturated rings. The molecule has 0 unspecified atom stereocenters. The molecular weight excluding hydrogens is 216 g/mol. The molecule has 0 bridgehead atoms. The van der Waals surface area contributed by atoms with Crippen molar-refractivity contribution in [3.05, 3.63) is 35.4 Å². The monoisotopic (exact) mass is 232 g/mol. The van der Waals surface area contributed by atoms with Gasteiger partial charge in [0.2, 0.25) is 0 Å². The van der Waals surface area contributed by atoms with Crippen molar-refractivity contribution >= 4 is 11.8 Å². The largest absolute Gasteiger partial charge is 0.478 e. The second-order valence-corrected chi connectivity index (χ2v) is 5.02. The van der Waals surface area contributed by atoms with E-state index >= 15 is 0 Å². The van der Waals surface area contributed by atoms with Crippen molar-refractivity contribution < 1.29 is 14.7 Å². The maximum absolute atomic E-state index is 11.6. The summed E-state index contributed by atoms with van der Waals surface area (Å²) in [6, 6.07) is 6.95. The highest BCUT2D eigenvalue weighted by molar-refractivity contribution is 5.88. The number of carboxylic acid groups (broad SMARTS) is 1. The van der Waals surface area contributed by atoms with Gasteiger partial charge >= 0.3 is 5.97 Å². The summed E-state index contributed by atoms with van der Waals surface area (Å²) in [7, 11) is 0. The number of aromatic carboxylic acids is 1. The van der Waals surface area contributed by atoms with Gasteiger partial charge in [-0.15, -0.1) is 0 Å². The zero-order chi connectivity index (χ0) is 12.5. The lowest BCUT2D eigenvalue weighted by Gasteiger charge is -2.33. The van der Waals surface area contributed by atoms with Gasteiger partial charge in [-0.2, -0.15) is 0 Å². The number of hydrogen-bond acceptors (Lipinski definition) is 2. The van der Waals surface area contributed by atoms with Crippen molar-refractivity contribution in [3.8, 4) is 0 Å². The van der Waals surface area contributed by atoms with Crippen LogP contribution in [0.5, 0.6) is 0 Å². The fourth-order valence-corrected chi connectivity index (χ4v) is 2.56. The Bertz CT molecular complexity index is 464. The minimum atomic E-state index is -0.919. The molecule has 1 saturated carbocycles. The van der Waals surface area contributed by atoms with E-state index < -0.39 is 5.97 Å². The van der Waals surface area contributed by atoms with E-state index in [1.165, 1.54) is 0 Å². The zero-order valence-electron chi connectivity index (χ0n) is 9.90. The third-order valence-corrected chi connectivity index (χ3v) is 3.58. The molecule has 0 spiro atoms. The minimum Gasteiger partial charge on any atom is -0.478 e. The molecule has 3 heteroatoms. The number of Topliss-reactive ketones (excluding diaryl/α,β-unsaturated/α-hetero) is 1. The topological polar surface area (TPSA) is 54.4 Å². The second-order valence-electron chi connectivity index (χ2n) is 5.02. The lowest BCUT2D eigenvalue weighted by molar-refractivity contribution is -0.121. The van der Waals surface area contributed by atoms with Crippen molar-refractivity contribution in [1.82, 2.24) is 0 Å². The van der Waals surface area contributed by atoms with Gasteiger partial charge in [-0.1, -0.05) is 19.1 Å². The average Bonchev–Trinajstić information content (AvgIpc) is 2.29. The number of ketones is 1. The minimum absolute atomic E-state index is 0.194. The molecule has 2 rings (SSSR count). The van der Waals surface area contributed by atoms with Crippen LogP contribution >= 0.6 is 0 Å². The van der Waals surface area contributed by atoms with Crippen LogP contribution in [0.3, 0.4) is 0 Å². The summed E-state index contributed by atoms with van der Waals surface area (Å²) >= 11 is 0. The second kappa shape index (κ2) is 4.32. The lowest BCUT2D eigenvalue weighted by atomic mass is 9.70. The van der Waals surface area contributed by atoms with Crippen LogP contribution in [-0.2, 0) is 10.2 Å². The van der Waals surface area contributed by atoms with Crippen LogP contribution < -0.4 is 0 Å². The van der Waals surface area contributed by atoms with Crippen LogP contribution in [0.15, 0.2) is 24.3 Å². The first-order valence-corrected chi connectivity index (χ1v) is 5.87. The van der Waals surface area contributed by atoms with Gasteiger partial charge in [-0.3, -0.25) is 4.79 Å². The SMILES string of the molecule is C[C@@]1(c2cccc(C(=O)O)c2)CCCC(=O)C1. The van der Waals surface area contributed by atoms with Crippen LogP contribution in [0, 0.1) is 0 Å². The van der Waals surface area contributed by atoms with Gasteiger partial charge < -0.3 is 5.11 Å². The van der Waals surface area contributed by atoms with Gasteiger partial charge in [0.15, 0.2) is 0 Å². The highest BCUT2D eigenvalue weighted by atomic mass is 16.4. The molecule has 3 nitrogen and oxygen atoms in total. The smallest absolute Gasteiger partial charge is 0.335 e. The summed E-state index contributed by atoms with van der Waals surface area (Å²) < 4.78 is 0. The Hall–Kier alpha value is -1.64. The molecule has 17 heavy (non-hydrogen) atoms. The molecule has 90 valence electrons. The molecule has 1 atom stereocenters. The number of carboxylic acids is 1. The number of carbonyl (C=O) groups is 2. The average molecular weight is 232 g/mol. The van der Waals surface area contributed by atoms with Crippen LogP contribution in [0.25, 0.3) is 0 Å². The lowest BCUT2D eigenvalue weighted by Crippen LogP contribution is -2.30. The molecule has 0 aliphatic heterocycles. The molecule has 1 aromatic carbocycles. The maximum atomic E-state index is 11.6. The Kier molecular flexibility index (Phi) is 3.01. The molecule has 1 N–H and O–H groups in total. The van der Waals surface area contributed by atoms with Gasteiger partial charge in [-0.05, 0) is 36.0 Å². The van der Waals surface area contributed by atoms with Gasteiger partial charge in [0.05, 0.1) is 5.56 Å². The van der Waals surface area contributed by atoms with E-state index in [9.17, 15) is 9.59 Å². The van der Waals surface area contributed by atoms with Crippen molar-refractivity contribution in [3.63, 3.8) is 0 Å². The molecule has 0 radical (unpaired) electrons. The molecule has 1 aromatic rings. The summed E-state index contributed by atoms with van der Waals surface area (Å²) in [6.07, 6.45) is 3.03. The van der Waals surface area contributed by atoms with E-state index in [-0.39, 0.29) is 11.2 Å². The predicted octanol–water partition coefficient (Wildman–Crippen LogP) is 2.79. The number of benzene rings is 1. The van der Waals surface area contributed by atoms with E-state index in [0.29, 0.717) is 18.4 Å². The summed E-state index contributed by atoms with van der Waals surface area (Å²) in [4.78, 5) is 22.5. The van der Waals surface area contributed by atoms with Crippen LogP contribution in [-0.4, -0.2) is 16.9 Å². The molecule has 0 heterocycles. The van der Waals surface area contributed by atoms with E-state index in [4.69, 9.17) is 5.11 Å². The van der Waals surface area contributed by atoms with Gasteiger partial charge in [-0.25, -0.2) is 4.79 Å². The van der Waals surface area contributed by atoms with E-state index in [1.54, 1.807) is 18.2 Å². The van der Waals surface area contributed by atoms with Crippen LogP contribution in [0.2, 0.25) is 0 Å². The Morgan fingerprint density at radius 2 is 2.18 bits per heavy atom. The van der Waals surface area contributed by atoms with Crippen molar-refractivity contribution in [2.24, 2.45) is 0 Å². The first-order valence-electron chi connectivity index (χ1n) is 5.87. The normalized spacial score (nSPS) is 24.6. The maximum Gasteiger partial charge on any atom is 0.335 e.